The number of piperazine rings is 1. The highest BCUT2D eigenvalue weighted by molar-refractivity contribution is 6.30. The number of ether oxygens (including phenoxy) is 2. The molecule has 0 spiro atoms. The molecule has 11 heteroatoms. The standard InChI is InChI=1S/C32H36ClFN6O3/c1-38-12-13-39(20-29(38)32(41)42-2)11-9-26(21-4-3-5-21)37-31-17-23(8-10-35-31)40-14-15-43-30-19-36-27(18-28(30)40)24-16-22(33)6-7-25(24)34/h6-8,10,16-19,29H,3-5,9,11-15,20H2,1-2H3,(H,35,37). The molecule has 226 valence electrons. The summed E-state index contributed by atoms with van der Waals surface area (Å²) in [7, 11) is 3.42. The first-order valence-electron chi connectivity index (χ1n) is 14.7. The molecule has 9 nitrogen and oxygen atoms in total. The predicted molar refractivity (Wildman–Crippen MR) is 165 cm³/mol. The van der Waals surface area contributed by atoms with Gasteiger partial charge in [-0.05, 0) is 56.6 Å². The van der Waals surface area contributed by atoms with E-state index in [0.717, 1.165) is 56.1 Å². The predicted octanol–water partition coefficient (Wildman–Crippen LogP) is 5.50. The summed E-state index contributed by atoms with van der Waals surface area (Å²) in [5.74, 6) is 0.832. The fourth-order valence-corrected chi connectivity index (χ4v) is 5.99. The number of hydrogen-bond acceptors (Lipinski definition) is 9. The van der Waals surface area contributed by atoms with Crippen LogP contribution in [0.25, 0.3) is 11.3 Å². The number of nitrogens with zero attached hydrogens (tertiary/aromatic N) is 5. The Bertz CT molecular complexity index is 1530. The van der Waals surface area contributed by atoms with Gasteiger partial charge in [-0.3, -0.25) is 19.6 Å². The Balaban J connectivity index is 1.20. The van der Waals surface area contributed by atoms with Crippen molar-refractivity contribution in [3.05, 3.63) is 70.9 Å². The molecule has 3 aromatic rings. The van der Waals surface area contributed by atoms with E-state index in [2.05, 4.69) is 30.0 Å². The van der Waals surface area contributed by atoms with E-state index >= 15 is 0 Å². The molecule has 6 rings (SSSR count). The van der Waals surface area contributed by atoms with Crippen molar-refractivity contribution in [1.29, 1.82) is 0 Å². The lowest BCUT2D eigenvalue weighted by atomic mass is 9.89. The van der Waals surface area contributed by atoms with Crippen molar-refractivity contribution in [3.8, 4) is 17.0 Å². The number of nitrogens with one attached hydrogen (secondary N) is 1. The SMILES string of the molecule is COC(=O)C1CN(CCC(Nc2cc(N3CCOc4cnc(-c5cc(Cl)ccc5F)cc43)ccn2)=C2CCC2)CCN1C. The molecule has 1 N–H and O–H groups in total. The number of pyridine rings is 2. The average molecular weight is 607 g/mol. The van der Waals surface area contributed by atoms with Gasteiger partial charge in [-0.25, -0.2) is 9.37 Å². The van der Waals surface area contributed by atoms with Crippen LogP contribution in [0.15, 0.2) is 60.1 Å². The maximum atomic E-state index is 14.7. The summed E-state index contributed by atoms with van der Waals surface area (Å²) in [6.07, 6.45) is 7.65. The molecule has 4 heterocycles. The number of hydrogen-bond donors (Lipinski definition) is 1. The molecule has 0 bridgehead atoms. The number of anilines is 3. The third-order valence-corrected chi connectivity index (χ3v) is 8.75. The van der Waals surface area contributed by atoms with Gasteiger partial charge in [0.1, 0.15) is 24.3 Å². The molecule has 2 fully saturated rings. The zero-order valence-electron chi connectivity index (χ0n) is 24.5. The number of halogens is 2. The second-order valence-electron chi connectivity index (χ2n) is 11.2. The minimum atomic E-state index is -0.385. The molecule has 43 heavy (non-hydrogen) atoms. The lowest BCUT2D eigenvalue weighted by Crippen LogP contribution is -2.55. The second kappa shape index (κ2) is 12.9. The zero-order chi connectivity index (χ0) is 29.9. The summed E-state index contributed by atoms with van der Waals surface area (Å²) in [4.78, 5) is 27.9. The minimum absolute atomic E-state index is 0.186. The molecule has 1 atom stereocenters. The quantitative estimate of drug-likeness (QED) is 0.334. The number of aromatic nitrogens is 2. The van der Waals surface area contributed by atoms with Crippen LogP contribution in [0.2, 0.25) is 5.02 Å². The van der Waals surface area contributed by atoms with E-state index in [0.29, 0.717) is 41.7 Å². The number of rotatable bonds is 8. The molecule has 1 aromatic carbocycles. The van der Waals surface area contributed by atoms with Gasteiger partial charge in [-0.2, -0.15) is 0 Å². The largest absolute Gasteiger partial charge is 0.488 e. The van der Waals surface area contributed by atoms with Crippen molar-refractivity contribution in [2.45, 2.75) is 31.7 Å². The summed E-state index contributed by atoms with van der Waals surface area (Å²) in [5.41, 5.74) is 5.21. The summed E-state index contributed by atoms with van der Waals surface area (Å²) in [5, 5.41) is 4.08. The fourth-order valence-electron chi connectivity index (χ4n) is 5.82. The van der Waals surface area contributed by atoms with E-state index < -0.39 is 0 Å². The summed E-state index contributed by atoms with van der Waals surface area (Å²) in [6, 6.07) is 10.1. The van der Waals surface area contributed by atoms with Crippen LogP contribution in [0.4, 0.5) is 21.6 Å². The highest BCUT2D eigenvalue weighted by atomic mass is 35.5. The van der Waals surface area contributed by atoms with Crippen LogP contribution < -0.4 is 15.0 Å². The first kappa shape index (κ1) is 29.3. The molecule has 0 amide bonds. The molecular formula is C32H36ClFN6O3. The van der Waals surface area contributed by atoms with Gasteiger partial charge in [0.25, 0.3) is 0 Å². The number of carbonyl (C=O) groups is 1. The zero-order valence-corrected chi connectivity index (χ0v) is 25.2. The van der Waals surface area contributed by atoms with Gasteiger partial charge in [0.15, 0.2) is 5.75 Å². The van der Waals surface area contributed by atoms with Gasteiger partial charge < -0.3 is 19.7 Å². The number of benzene rings is 1. The molecule has 0 radical (unpaired) electrons. The summed E-state index contributed by atoms with van der Waals surface area (Å²) < 4.78 is 25.6. The lowest BCUT2D eigenvalue weighted by Gasteiger charge is -2.38. The number of allylic oxidation sites excluding steroid dienone is 1. The van der Waals surface area contributed by atoms with Crippen LogP contribution in [-0.2, 0) is 9.53 Å². The topological polar surface area (TPSA) is 83.1 Å². The van der Waals surface area contributed by atoms with Crippen LogP contribution in [0.3, 0.4) is 0 Å². The number of methoxy groups -OCH3 is 1. The lowest BCUT2D eigenvalue weighted by molar-refractivity contribution is -0.148. The Morgan fingerprint density at radius 2 is 2.02 bits per heavy atom. The minimum Gasteiger partial charge on any atom is -0.488 e. The van der Waals surface area contributed by atoms with E-state index in [-0.39, 0.29) is 17.8 Å². The van der Waals surface area contributed by atoms with Gasteiger partial charge in [0.05, 0.1) is 31.2 Å². The van der Waals surface area contributed by atoms with Crippen LogP contribution in [-0.4, -0.2) is 85.3 Å². The van der Waals surface area contributed by atoms with E-state index in [1.807, 2.05) is 25.2 Å². The molecule has 2 aliphatic heterocycles. The van der Waals surface area contributed by atoms with Gasteiger partial charge in [0.2, 0.25) is 0 Å². The third-order valence-electron chi connectivity index (χ3n) is 8.52. The first-order chi connectivity index (χ1) is 20.9. The molecule has 1 unspecified atom stereocenters. The number of likely N-dealkylation sites (N-methyl/N-ethyl adjacent to an activating group) is 1. The van der Waals surface area contributed by atoms with Crippen molar-refractivity contribution >= 4 is 34.8 Å². The van der Waals surface area contributed by atoms with Crippen molar-refractivity contribution in [1.82, 2.24) is 19.8 Å². The Kier molecular flexibility index (Phi) is 8.78. The number of fused-ring (bicyclic) bond motifs is 1. The molecule has 3 aliphatic rings. The van der Waals surface area contributed by atoms with Gasteiger partial charge >= 0.3 is 5.97 Å². The molecule has 2 aromatic heterocycles. The summed E-state index contributed by atoms with van der Waals surface area (Å²) >= 11 is 6.16. The highest BCUT2D eigenvalue weighted by Crippen LogP contribution is 2.40. The van der Waals surface area contributed by atoms with E-state index in [9.17, 15) is 9.18 Å². The average Bonchev–Trinajstić information content (AvgIpc) is 3.00. The molecule has 1 aliphatic carbocycles. The first-order valence-corrected chi connectivity index (χ1v) is 15.1. The van der Waals surface area contributed by atoms with Gasteiger partial charge in [-0.1, -0.05) is 17.2 Å². The van der Waals surface area contributed by atoms with E-state index in [4.69, 9.17) is 21.1 Å². The maximum Gasteiger partial charge on any atom is 0.324 e. The Morgan fingerprint density at radius 1 is 1.16 bits per heavy atom. The molecule has 1 saturated carbocycles. The van der Waals surface area contributed by atoms with Crippen molar-refractivity contribution in [3.63, 3.8) is 0 Å². The maximum absolute atomic E-state index is 14.7. The molecule has 1 saturated heterocycles. The van der Waals surface area contributed by atoms with Crippen molar-refractivity contribution < 1.29 is 18.7 Å². The van der Waals surface area contributed by atoms with Gasteiger partial charge in [-0.15, -0.1) is 0 Å². The Hall–Kier alpha value is -3.73. The molecular weight excluding hydrogens is 571 g/mol. The van der Waals surface area contributed by atoms with Crippen molar-refractivity contribution in [2.24, 2.45) is 0 Å². The number of esters is 1. The monoisotopic (exact) mass is 606 g/mol. The Labute approximate surface area is 256 Å². The highest BCUT2D eigenvalue weighted by Gasteiger charge is 2.31. The van der Waals surface area contributed by atoms with Crippen LogP contribution in [0.5, 0.6) is 5.75 Å². The fraction of sp³-hybridized carbons (Fsp3) is 0.406. The van der Waals surface area contributed by atoms with Crippen LogP contribution >= 0.6 is 11.6 Å². The second-order valence-corrected chi connectivity index (χ2v) is 11.6. The van der Waals surface area contributed by atoms with E-state index in [1.54, 1.807) is 18.5 Å². The Morgan fingerprint density at radius 3 is 2.81 bits per heavy atom. The van der Waals surface area contributed by atoms with Crippen LogP contribution in [0, 0.1) is 5.82 Å². The van der Waals surface area contributed by atoms with Crippen LogP contribution in [0.1, 0.15) is 25.7 Å². The summed E-state index contributed by atoms with van der Waals surface area (Å²) in [6.45, 7) is 4.36. The van der Waals surface area contributed by atoms with Crippen molar-refractivity contribution in [2.75, 3.05) is 63.7 Å². The number of carbonyl (C=O) groups excluding carboxylic acids is 1. The third kappa shape index (κ3) is 6.46. The smallest absolute Gasteiger partial charge is 0.324 e. The normalized spacial score (nSPS) is 18.8. The van der Waals surface area contributed by atoms with Gasteiger partial charge in [0, 0.05) is 66.8 Å². The van der Waals surface area contributed by atoms with E-state index in [1.165, 1.54) is 36.9 Å².